The molecule has 1 aliphatic rings. The van der Waals surface area contributed by atoms with Gasteiger partial charge in [0.2, 0.25) is 0 Å². The van der Waals surface area contributed by atoms with Gasteiger partial charge in [-0.1, -0.05) is 82.6 Å². The molecule has 3 aromatic carbocycles. The minimum atomic E-state index is -0.628. The van der Waals surface area contributed by atoms with Crippen LogP contribution in [0.1, 0.15) is 118 Å². The molecule has 5 aromatic rings. The second-order valence-electron chi connectivity index (χ2n) is 14.9. The summed E-state index contributed by atoms with van der Waals surface area (Å²) in [6.07, 6.45) is 13.4. The lowest BCUT2D eigenvalue weighted by atomic mass is 9.75. The molecule has 0 radical (unpaired) electrons. The Labute approximate surface area is 271 Å². The minimum Gasteiger partial charge on any atom is -0.632 e. The SMILES string of the molecule is CCCCCCCCCCCC[N+]1([O-])C(C)(C)CC(n2c(=O)c3ccc4sc5ccccc5c5ccc(c2=O)c3c45)CC1(C)C. The van der Waals surface area contributed by atoms with Gasteiger partial charge in [0.25, 0.3) is 11.1 Å². The van der Waals surface area contributed by atoms with Gasteiger partial charge in [-0.25, -0.2) is 0 Å². The number of fused-ring (bicyclic) bond motifs is 2. The fraction of sp³-hybridized carbons (Fsp3) is 0.538. The standard InChI is InChI=1S/C39H50N2O3S/c1-6-7-8-9-10-11-12-13-14-17-24-41(44)38(2,3)25-27(26-39(41,4)5)40-36(42)30-21-20-29-28-18-15-16-19-32(28)45-33-23-22-31(37(40)43)34(30)35(29)33/h15-16,18-23,27H,6-14,17,24-26H2,1-5H3. The Kier molecular flexibility index (Phi) is 8.88. The van der Waals surface area contributed by atoms with Crippen molar-refractivity contribution in [3.63, 3.8) is 0 Å². The van der Waals surface area contributed by atoms with Gasteiger partial charge in [0.05, 0.1) is 23.7 Å². The average molecular weight is 627 g/mol. The van der Waals surface area contributed by atoms with Crippen molar-refractivity contribution in [3.05, 3.63) is 74.4 Å². The van der Waals surface area contributed by atoms with Crippen LogP contribution in [0, 0.1) is 5.21 Å². The normalized spacial score (nSPS) is 21.4. The van der Waals surface area contributed by atoms with Crippen LogP contribution in [0.25, 0.3) is 41.7 Å². The third-order valence-electron chi connectivity index (χ3n) is 11.0. The summed E-state index contributed by atoms with van der Waals surface area (Å²) in [5.74, 6) is 0. The second kappa shape index (κ2) is 12.4. The summed E-state index contributed by atoms with van der Waals surface area (Å²) in [4.78, 5) is 28.5. The molecule has 1 aliphatic heterocycles. The Morgan fingerprint density at radius 3 is 1.84 bits per heavy atom. The van der Waals surface area contributed by atoms with Gasteiger partial charge in [-0.05, 0) is 75.6 Å². The summed E-state index contributed by atoms with van der Waals surface area (Å²) < 4.78 is 3.50. The van der Waals surface area contributed by atoms with Gasteiger partial charge in [-0.2, -0.15) is 0 Å². The van der Waals surface area contributed by atoms with Crippen LogP contribution < -0.4 is 11.1 Å². The third kappa shape index (κ3) is 5.51. The van der Waals surface area contributed by atoms with Crippen LogP contribution >= 0.6 is 11.3 Å². The summed E-state index contributed by atoms with van der Waals surface area (Å²) in [5, 5.41) is 20.0. The number of hydrogen-bond acceptors (Lipinski definition) is 4. The van der Waals surface area contributed by atoms with Gasteiger partial charge >= 0.3 is 0 Å². The molecule has 6 rings (SSSR count). The van der Waals surface area contributed by atoms with Crippen LogP contribution in [0.4, 0.5) is 0 Å². The molecule has 0 N–H and O–H groups in total. The highest BCUT2D eigenvalue weighted by atomic mass is 32.1. The fourth-order valence-electron chi connectivity index (χ4n) is 8.66. The summed E-state index contributed by atoms with van der Waals surface area (Å²) in [7, 11) is 0. The Morgan fingerprint density at radius 2 is 1.22 bits per heavy atom. The molecule has 1 saturated heterocycles. The van der Waals surface area contributed by atoms with Crippen molar-refractivity contribution in [2.45, 2.75) is 129 Å². The van der Waals surface area contributed by atoms with Gasteiger partial charge < -0.3 is 9.85 Å². The van der Waals surface area contributed by atoms with Gasteiger partial charge in [-0.3, -0.25) is 14.2 Å². The van der Waals surface area contributed by atoms with Crippen molar-refractivity contribution in [1.29, 1.82) is 0 Å². The largest absolute Gasteiger partial charge is 0.632 e. The van der Waals surface area contributed by atoms with E-state index in [0.717, 1.165) is 39.1 Å². The van der Waals surface area contributed by atoms with Gasteiger partial charge in [0.15, 0.2) is 0 Å². The number of hydrogen-bond donors (Lipinski definition) is 0. The first-order chi connectivity index (χ1) is 21.5. The summed E-state index contributed by atoms with van der Waals surface area (Å²) >= 11 is 1.70. The number of pyridine rings is 1. The van der Waals surface area contributed by atoms with E-state index in [1.54, 1.807) is 11.3 Å². The lowest BCUT2D eigenvalue weighted by Gasteiger charge is -2.66. The molecule has 240 valence electrons. The van der Waals surface area contributed by atoms with Crippen molar-refractivity contribution in [3.8, 4) is 0 Å². The molecular formula is C39H50N2O3S. The first kappa shape index (κ1) is 32.2. The van der Waals surface area contributed by atoms with E-state index < -0.39 is 11.1 Å². The Hall–Kier alpha value is -2.80. The monoisotopic (exact) mass is 626 g/mol. The zero-order valence-electron chi connectivity index (χ0n) is 27.9. The number of benzene rings is 3. The zero-order valence-corrected chi connectivity index (χ0v) is 28.7. The molecule has 5 nitrogen and oxygen atoms in total. The molecular weight excluding hydrogens is 577 g/mol. The molecule has 6 heteroatoms. The third-order valence-corrected chi connectivity index (χ3v) is 12.2. The molecule has 0 aliphatic carbocycles. The van der Waals surface area contributed by atoms with Crippen LogP contribution in [0.5, 0.6) is 0 Å². The molecule has 3 heterocycles. The molecule has 0 spiro atoms. The quantitative estimate of drug-likeness (QED) is 0.0455. The number of quaternary nitrogens is 1. The zero-order chi connectivity index (χ0) is 32.0. The Morgan fingerprint density at radius 1 is 0.689 bits per heavy atom. The minimum absolute atomic E-state index is 0.225. The van der Waals surface area contributed by atoms with Gasteiger partial charge in [0.1, 0.15) is 0 Å². The smallest absolute Gasteiger partial charge is 0.261 e. The number of nitrogens with zero attached hydrogens (tertiary/aromatic N) is 2. The second-order valence-corrected chi connectivity index (χ2v) is 16.0. The number of aromatic nitrogens is 1. The number of hydroxylamine groups is 3. The van der Waals surface area contributed by atoms with Crippen molar-refractivity contribution in [2.24, 2.45) is 0 Å². The van der Waals surface area contributed by atoms with E-state index in [-0.39, 0.29) is 21.8 Å². The maximum Gasteiger partial charge on any atom is 0.261 e. The van der Waals surface area contributed by atoms with Crippen LogP contribution in [-0.2, 0) is 0 Å². The highest BCUT2D eigenvalue weighted by molar-refractivity contribution is 7.25. The topological polar surface area (TPSA) is 62.1 Å². The predicted molar refractivity (Wildman–Crippen MR) is 193 cm³/mol. The number of piperidine rings is 1. The van der Waals surface area contributed by atoms with Gasteiger partial charge in [-0.15, -0.1) is 11.3 Å². The first-order valence-electron chi connectivity index (χ1n) is 17.3. The summed E-state index contributed by atoms with van der Waals surface area (Å²) in [5.41, 5.74) is -1.71. The van der Waals surface area contributed by atoms with Gasteiger partial charge in [0, 0.05) is 43.8 Å². The van der Waals surface area contributed by atoms with E-state index in [4.69, 9.17) is 0 Å². The van der Waals surface area contributed by atoms with Crippen molar-refractivity contribution >= 4 is 53.1 Å². The number of unbranched alkanes of at least 4 members (excludes halogenated alkanes) is 9. The molecule has 45 heavy (non-hydrogen) atoms. The maximum absolute atomic E-state index is 14.8. The predicted octanol–water partition coefficient (Wildman–Crippen LogP) is 10.4. The fourth-order valence-corrected chi connectivity index (χ4v) is 9.78. The molecule has 0 atom stereocenters. The number of rotatable bonds is 12. The molecule has 0 saturated carbocycles. The lowest BCUT2D eigenvalue weighted by Crippen LogP contribution is -2.72. The van der Waals surface area contributed by atoms with Crippen molar-refractivity contribution < 1.29 is 4.65 Å². The molecule has 0 unspecified atom stereocenters. The van der Waals surface area contributed by atoms with E-state index in [1.807, 2.05) is 30.3 Å². The van der Waals surface area contributed by atoms with Crippen LogP contribution in [0.3, 0.4) is 0 Å². The highest BCUT2D eigenvalue weighted by Gasteiger charge is 2.54. The van der Waals surface area contributed by atoms with E-state index in [2.05, 4.69) is 52.8 Å². The lowest BCUT2D eigenvalue weighted by molar-refractivity contribution is -0.979. The van der Waals surface area contributed by atoms with E-state index >= 15 is 0 Å². The summed E-state index contributed by atoms with van der Waals surface area (Å²) in [6.45, 7) is 11.0. The van der Waals surface area contributed by atoms with E-state index in [0.29, 0.717) is 30.2 Å². The van der Waals surface area contributed by atoms with Crippen molar-refractivity contribution in [2.75, 3.05) is 6.54 Å². The van der Waals surface area contributed by atoms with Crippen molar-refractivity contribution in [1.82, 2.24) is 4.57 Å². The Bertz CT molecular complexity index is 1880. The van der Waals surface area contributed by atoms with Crippen LogP contribution in [0.15, 0.2) is 58.1 Å². The molecule has 2 aromatic heterocycles. The van der Waals surface area contributed by atoms with E-state index in [9.17, 15) is 14.8 Å². The molecule has 1 fully saturated rings. The maximum atomic E-state index is 14.8. The van der Waals surface area contributed by atoms with Crippen LogP contribution in [-0.4, -0.2) is 26.8 Å². The first-order valence-corrected chi connectivity index (χ1v) is 18.2. The summed E-state index contributed by atoms with van der Waals surface area (Å²) in [6, 6.07) is 15.9. The highest BCUT2D eigenvalue weighted by Crippen LogP contribution is 2.49. The number of likely N-dealkylation sites (tertiary alicyclic amines) is 1. The average Bonchev–Trinajstić information content (AvgIpc) is 3.00. The Balaban J connectivity index is 1.26. The van der Waals surface area contributed by atoms with E-state index in [1.165, 1.54) is 60.6 Å². The van der Waals surface area contributed by atoms with Crippen LogP contribution in [0.2, 0.25) is 0 Å². The molecule has 0 bridgehead atoms. The molecule has 0 amide bonds.